The van der Waals surface area contributed by atoms with Crippen molar-refractivity contribution in [3.63, 3.8) is 0 Å². The van der Waals surface area contributed by atoms with Gasteiger partial charge in [0.1, 0.15) is 0 Å². The predicted octanol–water partition coefficient (Wildman–Crippen LogP) is 1.58. The Morgan fingerprint density at radius 3 is 2.76 bits per heavy atom. The topological polar surface area (TPSA) is 75.4 Å². The van der Waals surface area contributed by atoms with Crippen molar-refractivity contribution in [1.29, 1.82) is 0 Å². The molecule has 1 aliphatic rings. The third-order valence-electron chi connectivity index (χ3n) is 3.94. The number of carbonyl (C=O) groups is 2. The fourth-order valence-corrected chi connectivity index (χ4v) is 2.83. The maximum absolute atomic E-state index is 12.2. The summed E-state index contributed by atoms with van der Waals surface area (Å²) in [5.41, 5.74) is 8.43. The highest BCUT2D eigenvalue weighted by Gasteiger charge is 2.28. The number of amides is 2. The van der Waals surface area contributed by atoms with Gasteiger partial charge in [-0.25, -0.2) is 0 Å². The zero-order valence-electron chi connectivity index (χ0n) is 12.7. The number of carbonyl (C=O) groups excluding carboxylic acids is 2. The van der Waals surface area contributed by atoms with E-state index in [1.807, 2.05) is 36.9 Å². The molecule has 0 aromatic heterocycles. The van der Waals surface area contributed by atoms with Gasteiger partial charge in [0.2, 0.25) is 11.8 Å². The number of nitrogens with two attached hydrogens (primary N) is 1. The molecule has 2 amide bonds. The number of nitrogens with zero attached hydrogens (tertiary/aromatic N) is 1. The van der Waals surface area contributed by atoms with Crippen LogP contribution in [0.1, 0.15) is 30.4 Å². The highest BCUT2D eigenvalue weighted by molar-refractivity contribution is 5.93. The standard InChI is InChI=1S/C16H23N3O2/c1-11-6-7-13(12(2)9-11)18-15(20)10-19-8-4-3-5-14(19)16(17)21/h6-7,9,14H,3-5,8,10H2,1-2H3,(H2,17,21)(H,18,20). The van der Waals surface area contributed by atoms with E-state index in [0.29, 0.717) is 0 Å². The van der Waals surface area contributed by atoms with Crippen molar-refractivity contribution in [2.24, 2.45) is 5.73 Å². The first kappa shape index (κ1) is 15.5. The first-order chi connectivity index (χ1) is 9.97. The summed E-state index contributed by atoms with van der Waals surface area (Å²) in [6.07, 6.45) is 2.73. The van der Waals surface area contributed by atoms with Crippen LogP contribution < -0.4 is 11.1 Å². The molecule has 1 saturated heterocycles. The minimum Gasteiger partial charge on any atom is -0.368 e. The van der Waals surface area contributed by atoms with Gasteiger partial charge in [0, 0.05) is 5.69 Å². The molecule has 5 nitrogen and oxygen atoms in total. The quantitative estimate of drug-likeness (QED) is 0.883. The molecule has 0 saturated carbocycles. The van der Waals surface area contributed by atoms with Crippen LogP contribution in [0.5, 0.6) is 0 Å². The van der Waals surface area contributed by atoms with Crippen LogP contribution in [0, 0.1) is 13.8 Å². The van der Waals surface area contributed by atoms with Crippen LogP contribution in [0.3, 0.4) is 0 Å². The number of hydrogen-bond donors (Lipinski definition) is 2. The van der Waals surface area contributed by atoms with Gasteiger partial charge in [-0.2, -0.15) is 0 Å². The third-order valence-corrected chi connectivity index (χ3v) is 3.94. The smallest absolute Gasteiger partial charge is 0.238 e. The molecule has 2 rings (SSSR count). The van der Waals surface area contributed by atoms with Crippen molar-refractivity contribution in [2.45, 2.75) is 39.2 Å². The molecule has 1 atom stereocenters. The number of likely N-dealkylation sites (tertiary alicyclic amines) is 1. The maximum Gasteiger partial charge on any atom is 0.238 e. The second-order valence-electron chi connectivity index (χ2n) is 5.75. The lowest BCUT2D eigenvalue weighted by molar-refractivity contribution is -0.126. The average molecular weight is 289 g/mol. The second-order valence-corrected chi connectivity index (χ2v) is 5.75. The van der Waals surface area contributed by atoms with Gasteiger partial charge in [0.05, 0.1) is 12.6 Å². The summed E-state index contributed by atoms with van der Waals surface area (Å²) >= 11 is 0. The molecule has 5 heteroatoms. The van der Waals surface area contributed by atoms with Crippen LogP contribution in [0.15, 0.2) is 18.2 Å². The minimum atomic E-state index is -0.339. The molecule has 1 aliphatic heterocycles. The van der Waals surface area contributed by atoms with Gasteiger partial charge in [-0.3, -0.25) is 14.5 Å². The van der Waals surface area contributed by atoms with E-state index in [-0.39, 0.29) is 24.4 Å². The number of benzene rings is 1. The summed E-state index contributed by atoms with van der Waals surface area (Å²) in [6.45, 7) is 4.94. The molecule has 1 fully saturated rings. The Hall–Kier alpha value is -1.88. The lowest BCUT2D eigenvalue weighted by atomic mass is 10.0. The van der Waals surface area contributed by atoms with Crippen molar-refractivity contribution in [1.82, 2.24) is 4.90 Å². The Morgan fingerprint density at radius 1 is 1.33 bits per heavy atom. The van der Waals surface area contributed by atoms with E-state index in [1.165, 1.54) is 0 Å². The van der Waals surface area contributed by atoms with Crippen LogP contribution >= 0.6 is 0 Å². The van der Waals surface area contributed by atoms with Crippen LogP contribution in [0.2, 0.25) is 0 Å². The van der Waals surface area contributed by atoms with Crippen LogP contribution in [0.4, 0.5) is 5.69 Å². The molecule has 114 valence electrons. The van der Waals surface area contributed by atoms with Crippen LogP contribution in [-0.4, -0.2) is 35.8 Å². The third kappa shape index (κ3) is 4.04. The van der Waals surface area contributed by atoms with E-state index in [1.54, 1.807) is 0 Å². The molecule has 0 radical (unpaired) electrons. The Morgan fingerprint density at radius 2 is 2.10 bits per heavy atom. The van der Waals surface area contributed by atoms with Crippen molar-refractivity contribution in [2.75, 3.05) is 18.4 Å². The lowest BCUT2D eigenvalue weighted by Gasteiger charge is -2.32. The van der Waals surface area contributed by atoms with Crippen molar-refractivity contribution in [3.8, 4) is 0 Å². The molecule has 0 spiro atoms. The van der Waals surface area contributed by atoms with Gasteiger partial charge < -0.3 is 11.1 Å². The summed E-state index contributed by atoms with van der Waals surface area (Å²) < 4.78 is 0. The lowest BCUT2D eigenvalue weighted by Crippen LogP contribution is -2.50. The number of primary amides is 1. The van der Waals surface area contributed by atoms with E-state index in [4.69, 9.17) is 5.73 Å². The van der Waals surface area contributed by atoms with Gasteiger partial charge in [-0.15, -0.1) is 0 Å². The molecule has 1 unspecified atom stereocenters. The Kier molecular flexibility index (Phi) is 4.96. The molecular weight excluding hydrogens is 266 g/mol. The normalized spacial score (nSPS) is 19.2. The highest BCUT2D eigenvalue weighted by atomic mass is 16.2. The summed E-state index contributed by atoms with van der Waals surface area (Å²) in [7, 11) is 0. The number of nitrogens with one attached hydrogen (secondary N) is 1. The SMILES string of the molecule is Cc1ccc(NC(=O)CN2CCCCC2C(N)=O)c(C)c1. The maximum atomic E-state index is 12.2. The van der Waals surface area contributed by atoms with E-state index in [2.05, 4.69) is 5.32 Å². The first-order valence-electron chi connectivity index (χ1n) is 7.38. The van der Waals surface area contributed by atoms with Crippen LogP contribution in [-0.2, 0) is 9.59 Å². The number of rotatable bonds is 4. The Bertz CT molecular complexity index is 542. The summed E-state index contributed by atoms with van der Waals surface area (Å²) in [5.74, 6) is -0.441. The average Bonchev–Trinajstić information content (AvgIpc) is 2.42. The van der Waals surface area contributed by atoms with Crippen molar-refractivity contribution in [3.05, 3.63) is 29.3 Å². The molecule has 21 heavy (non-hydrogen) atoms. The zero-order valence-corrected chi connectivity index (χ0v) is 12.7. The largest absolute Gasteiger partial charge is 0.368 e. The molecule has 1 aromatic rings. The molecular formula is C16H23N3O2. The number of aryl methyl sites for hydroxylation is 2. The Labute approximate surface area is 125 Å². The van der Waals surface area contributed by atoms with Crippen molar-refractivity contribution < 1.29 is 9.59 Å². The number of hydrogen-bond acceptors (Lipinski definition) is 3. The van der Waals surface area contributed by atoms with Gasteiger partial charge in [0.15, 0.2) is 0 Å². The molecule has 1 heterocycles. The van der Waals surface area contributed by atoms with Crippen molar-refractivity contribution >= 4 is 17.5 Å². The fourth-order valence-electron chi connectivity index (χ4n) is 2.83. The number of piperidine rings is 1. The van der Waals surface area contributed by atoms with Gasteiger partial charge in [0.25, 0.3) is 0 Å². The fraction of sp³-hybridized carbons (Fsp3) is 0.500. The molecule has 0 aliphatic carbocycles. The van der Waals surface area contributed by atoms with E-state index >= 15 is 0 Å². The van der Waals surface area contributed by atoms with E-state index in [9.17, 15) is 9.59 Å². The molecule has 3 N–H and O–H groups in total. The summed E-state index contributed by atoms with van der Waals surface area (Å²) in [5, 5.41) is 2.91. The summed E-state index contributed by atoms with van der Waals surface area (Å²) in [4.78, 5) is 25.5. The van der Waals surface area contributed by atoms with Gasteiger partial charge in [-0.05, 0) is 44.9 Å². The minimum absolute atomic E-state index is 0.102. The van der Waals surface area contributed by atoms with E-state index < -0.39 is 0 Å². The van der Waals surface area contributed by atoms with Gasteiger partial charge in [-0.1, -0.05) is 24.1 Å². The second kappa shape index (κ2) is 6.72. The molecule has 1 aromatic carbocycles. The highest BCUT2D eigenvalue weighted by Crippen LogP contribution is 2.18. The molecule has 0 bridgehead atoms. The van der Waals surface area contributed by atoms with Gasteiger partial charge >= 0.3 is 0 Å². The predicted molar refractivity (Wildman–Crippen MR) is 83.0 cm³/mol. The summed E-state index contributed by atoms with van der Waals surface area (Å²) in [6, 6.07) is 5.59. The van der Waals surface area contributed by atoms with E-state index in [0.717, 1.165) is 42.6 Å². The van der Waals surface area contributed by atoms with Crippen LogP contribution in [0.25, 0.3) is 0 Å². The number of anilines is 1. The first-order valence-corrected chi connectivity index (χ1v) is 7.38. The Balaban J connectivity index is 1.98. The zero-order chi connectivity index (χ0) is 15.4. The monoisotopic (exact) mass is 289 g/mol.